The monoisotopic (exact) mass is 345 g/mol. The van der Waals surface area contributed by atoms with Gasteiger partial charge in [-0.2, -0.15) is 0 Å². The third-order valence-corrected chi connectivity index (χ3v) is 3.72. The molecule has 1 aromatic heterocycles. The lowest BCUT2D eigenvalue weighted by molar-refractivity contribution is -0.393. The first-order chi connectivity index (χ1) is 11.4. The van der Waals surface area contributed by atoms with Gasteiger partial charge < -0.3 is 5.11 Å². The minimum absolute atomic E-state index is 0.0444. The van der Waals surface area contributed by atoms with Crippen LogP contribution >= 0.6 is 11.6 Å². The number of benzene rings is 2. The predicted molar refractivity (Wildman–Crippen MR) is 87.2 cm³/mol. The third kappa shape index (κ3) is 2.70. The molecule has 0 fully saturated rings. The summed E-state index contributed by atoms with van der Waals surface area (Å²) >= 11 is 6.13. The lowest BCUT2D eigenvalue weighted by atomic mass is 10.0. The number of nitrogens with zero attached hydrogens (tertiary/aromatic N) is 3. The van der Waals surface area contributed by atoms with E-state index in [1.54, 1.807) is 12.1 Å². The van der Waals surface area contributed by atoms with Crippen molar-refractivity contribution < 1.29 is 15.0 Å². The fraction of sp³-hybridized carbons (Fsp3) is 0. The molecule has 0 aliphatic carbocycles. The maximum absolute atomic E-state index is 11.3. The molecule has 8 nitrogen and oxygen atoms in total. The van der Waals surface area contributed by atoms with Crippen LogP contribution in [0.3, 0.4) is 0 Å². The molecule has 0 aliphatic heterocycles. The molecule has 0 atom stereocenters. The van der Waals surface area contributed by atoms with Gasteiger partial charge in [-0.15, -0.1) is 0 Å². The topological polar surface area (TPSA) is 119 Å². The molecule has 0 unspecified atom stereocenters. The summed E-state index contributed by atoms with van der Waals surface area (Å²) < 4.78 is 0. The van der Waals surface area contributed by atoms with E-state index in [4.69, 9.17) is 11.6 Å². The number of nitro benzene ring substituents is 2. The Kier molecular flexibility index (Phi) is 3.74. The van der Waals surface area contributed by atoms with Gasteiger partial charge in [0.15, 0.2) is 0 Å². The van der Waals surface area contributed by atoms with Crippen LogP contribution in [0.15, 0.2) is 42.5 Å². The molecule has 0 radical (unpaired) electrons. The number of non-ortho nitro benzene ring substituents is 2. The van der Waals surface area contributed by atoms with E-state index in [9.17, 15) is 25.3 Å². The number of halogens is 1. The number of hydrogen-bond acceptors (Lipinski definition) is 6. The van der Waals surface area contributed by atoms with Gasteiger partial charge >= 0.3 is 0 Å². The van der Waals surface area contributed by atoms with Crippen LogP contribution in [0.2, 0.25) is 5.15 Å². The lowest BCUT2D eigenvalue weighted by Gasteiger charge is -2.07. The van der Waals surface area contributed by atoms with Gasteiger partial charge in [-0.25, -0.2) is 4.98 Å². The van der Waals surface area contributed by atoms with Crippen molar-refractivity contribution in [1.29, 1.82) is 0 Å². The zero-order chi connectivity index (χ0) is 17.4. The van der Waals surface area contributed by atoms with E-state index >= 15 is 0 Å². The van der Waals surface area contributed by atoms with Gasteiger partial charge in [0.05, 0.1) is 26.8 Å². The molecule has 9 heteroatoms. The first kappa shape index (κ1) is 15.6. The van der Waals surface area contributed by atoms with Gasteiger partial charge in [0.2, 0.25) is 0 Å². The Morgan fingerprint density at radius 3 is 2.25 bits per heavy atom. The van der Waals surface area contributed by atoms with Crippen molar-refractivity contribution >= 4 is 33.9 Å². The Labute approximate surface area is 139 Å². The van der Waals surface area contributed by atoms with Gasteiger partial charge in [-0.3, -0.25) is 20.2 Å². The Morgan fingerprint density at radius 2 is 1.67 bits per heavy atom. The average Bonchev–Trinajstić information content (AvgIpc) is 2.53. The van der Waals surface area contributed by atoms with Gasteiger partial charge in [-0.1, -0.05) is 23.7 Å². The Bertz CT molecular complexity index is 989. The van der Waals surface area contributed by atoms with Crippen molar-refractivity contribution in [3.05, 3.63) is 67.8 Å². The summed E-state index contributed by atoms with van der Waals surface area (Å²) in [6.45, 7) is 0. The Morgan fingerprint density at radius 1 is 1.00 bits per heavy atom. The minimum atomic E-state index is -0.726. The molecule has 24 heavy (non-hydrogen) atoms. The Balaban J connectivity index is 2.31. The smallest absolute Gasteiger partial charge is 0.285 e. The summed E-state index contributed by atoms with van der Waals surface area (Å²) in [6.07, 6.45) is 0. The number of fused-ring (bicyclic) bond motifs is 1. The molecule has 0 bridgehead atoms. The number of phenolic OH excluding ortho intramolecular Hbond substituents is 1. The summed E-state index contributed by atoms with van der Waals surface area (Å²) in [7, 11) is 0. The van der Waals surface area contributed by atoms with Crippen molar-refractivity contribution in [3.63, 3.8) is 0 Å². The van der Waals surface area contributed by atoms with Crippen LogP contribution in [0.1, 0.15) is 0 Å². The maximum Gasteiger partial charge on any atom is 0.285 e. The summed E-state index contributed by atoms with van der Waals surface area (Å²) in [4.78, 5) is 24.8. The first-order valence-electron chi connectivity index (χ1n) is 6.59. The van der Waals surface area contributed by atoms with Crippen LogP contribution in [0.25, 0.3) is 22.0 Å². The molecule has 0 spiro atoms. The Hall–Kier alpha value is -3.26. The predicted octanol–water partition coefficient (Wildman–Crippen LogP) is 4.08. The average molecular weight is 346 g/mol. The molecule has 1 heterocycles. The number of aromatic hydroxyl groups is 1. The van der Waals surface area contributed by atoms with Crippen LogP contribution in [0.4, 0.5) is 11.4 Å². The van der Waals surface area contributed by atoms with Crippen LogP contribution in [-0.2, 0) is 0 Å². The van der Waals surface area contributed by atoms with E-state index in [0.717, 1.165) is 12.1 Å². The SMILES string of the molecule is O=[N+]([O-])c1cc([N+](=O)[O-])c2cc(-c3ccc(O)cc3)c(Cl)nc2c1. The molecule has 120 valence electrons. The van der Waals surface area contributed by atoms with Crippen molar-refractivity contribution in [2.45, 2.75) is 0 Å². The molecular formula is C15H8ClN3O5. The number of pyridine rings is 1. The molecule has 0 saturated carbocycles. The maximum atomic E-state index is 11.3. The molecule has 2 aromatic carbocycles. The third-order valence-electron chi connectivity index (χ3n) is 3.44. The fourth-order valence-corrected chi connectivity index (χ4v) is 2.57. The van der Waals surface area contributed by atoms with Gasteiger partial charge in [0.25, 0.3) is 11.4 Å². The summed E-state index contributed by atoms with van der Waals surface area (Å²) in [5.41, 5.74) is 0.211. The number of hydrogen-bond donors (Lipinski definition) is 1. The van der Waals surface area contributed by atoms with Crippen LogP contribution < -0.4 is 0 Å². The van der Waals surface area contributed by atoms with Crippen LogP contribution in [0.5, 0.6) is 5.75 Å². The normalized spacial score (nSPS) is 10.7. The van der Waals surface area contributed by atoms with E-state index in [2.05, 4.69) is 4.98 Å². The fourth-order valence-electron chi connectivity index (χ4n) is 2.32. The van der Waals surface area contributed by atoms with E-state index in [0.29, 0.717) is 11.1 Å². The highest BCUT2D eigenvalue weighted by atomic mass is 35.5. The van der Waals surface area contributed by atoms with E-state index < -0.39 is 21.2 Å². The van der Waals surface area contributed by atoms with E-state index in [1.807, 2.05) is 0 Å². The second-order valence-electron chi connectivity index (χ2n) is 4.92. The highest BCUT2D eigenvalue weighted by molar-refractivity contribution is 6.32. The summed E-state index contributed by atoms with van der Waals surface area (Å²) in [5, 5.41) is 31.7. The molecule has 0 aliphatic rings. The number of nitro groups is 2. The molecule has 0 amide bonds. The summed E-state index contributed by atoms with van der Waals surface area (Å²) in [6, 6.07) is 9.54. The molecule has 1 N–H and O–H groups in total. The zero-order valence-corrected chi connectivity index (χ0v) is 12.6. The minimum Gasteiger partial charge on any atom is -0.508 e. The van der Waals surface area contributed by atoms with Crippen molar-refractivity contribution in [2.75, 3.05) is 0 Å². The van der Waals surface area contributed by atoms with E-state index in [1.165, 1.54) is 18.2 Å². The highest BCUT2D eigenvalue weighted by Gasteiger charge is 2.22. The standard InChI is InChI=1S/C15H8ClN3O5/c16-15-11(8-1-3-10(20)4-2-8)7-12-13(17-15)5-9(18(21)22)6-14(12)19(23)24/h1-7,20H. The summed E-state index contributed by atoms with van der Waals surface area (Å²) in [5.74, 6) is 0.0604. The van der Waals surface area contributed by atoms with Crippen molar-refractivity contribution in [3.8, 4) is 16.9 Å². The highest BCUT2D eigenvalue weighted by Crippen LogP contribution is 2.36. The van der Waals surface area contributed by atoms with E-state index in [-0.39, 0.29) is 21.8 Å². The van der Waals surface area contributed by atoms with Crippen molar-refractivity contribution in [2.24, 2.45) is 0 Å². The number of phenols is 1. The largest absolute Gasteiger partial charge is 0.508 e. The number of rotatable bonds is 3. The number of aromatic nitrogens is 1. The van der Waals surface area contributed by atoms with Gasteiger partial charge in [0.1, 0.15) is 10.9 Å². The molecular weight excluding hydrogens is 338 g/mol. The molecule has 3 aromatic rings. The second-order valence-corrected chi connectivity index (χ2v) is 5.28. The first-order valence-corrected chi connectivity index (χ1v) is 6.97. The van der Waals surface area contributed by atoms with Crippen LogP contribution in [-0.4, -0.2) is 19.9 Å². The zero-order valence-electron chi connectivity index (χ0n) is 11.8. The molecule has 3 rings (SSSR count). The second kappa shape index (κ2) is 5.74. The lowest BCUT2D eigenvalue weighted by Crippen LogP contribution is -1.96. The van der Waals surface area contributed by atoms with Crippen LogP contribution in [0, 0.1) is 20.2 Å². The van der Waals surface area contributed by atoms with Gasteiger partial charge in [-0.05, 0) is 23.8 Å². The van der Waals surface area contributed by atoms with Crippen molar-refractivity contribution in [1.82, 2.24) is 4.98 Å². The quantitative estimate of drug-likeness (QED) is 0.434. The van der Waals surface area contributed by atoms with Gasteiger partial charge in [0, 0.05) is 11.6 Å². The molecule has 0 saturated heterocycles.